The van der Waals surface area contributed by atoms with E-state index in [4.69, 9.17) is 0 Å². The summed E-state index contributed by atoms with van der Waals surface area (Å²) in [5, 5.41) is 3.66. The summed E-state index contributed by atoms with van der Waals surface area (Å²) in [7, 11) is 0. The van der Waals surface area contributed by atoms with Crippen molar-refractivity contribution in [2.45, 2.75) is 33.2 Å². The fourth-order valence-corrected chi connectivity index (χ4v) is 2.53. The van der Waals surface area contributed by atoms with E-state index in [0.29, 0.717) is 12.0 Å². The monoisotopic (exact) mass is 232 g/mol. The normalized spacial score (nSPS) is 21.6. The molecule has 1 aromatic rings. The van der Waals surface area contributed by atoms with Crippen LogP contribution in [-0.2, 0) is 0 Å². The van der Waals surface area contributed by atoms with Crippen molar-refractivity contribution >= 4 is 5.69 Å². The van der Waals surface area contributed by atoms with Crippen molar-refractivity contribution in [1.82, 2.24) is 5.32 Å². The van der Waals surface area contributed by atoms with E-state index in [1.807, 2.05) is 0 Å². The third-order valence-corrected chi connectivity index (χ3v) is 3.69. The van der Waals surface area contributed by atoms with Gasteiger partial charge in [0.15, 0.2) is 0 Å². The van der Waals surface area contributed by atoms with Crippen LogP contribution in [0.1, 0.15) is 25.8 Å². The second-order valence-corrected chi connectivity index (χ2v) is 5.39. The topological polar surface area (TPSA) is 15.3 Å². The summed E-state index contributed by atoms with van der Waals surface area (Å²) in [5.41, 5.74) is 2.79. The molecule has 2 rings (SSSR count). The van der Waals surface area contributed by atoms with Crippen LogP contribution in [-0.4, -0.2) is 25.7 Å². The van der Waals surface area contributed by atoms with E-state index in [9.17, 15) is 0 Å². The van der Waals surface area contributed by atoms with Gasteiger partial charge < -0.3 is 10.2 Å². The molecule has 17 heavy (non-hydrogen) atoms. The Labute approximate surface area is 105 Å². The number of hydrogen-bond acceptors (Lipinski definition) is 2. The molecular formula is C15H24N2. The number of hydrogen-bond donors (Lipinski definition) is 1. The highest BCUT2D eigenvalue weighted by Crippen LogP contribution is 2.22. The molecule has 1 unspecified atom stereocenters. The second kappa shape index (κ2) is 5.54. The fraction of sp³-hybridized carbons (Fsp3) is 0.600. The van der Waals surface area contributed by atoms with Gasteiger partial charge in [0.2, 0.25) is 0 Å². The van der Waals surface area contributed by atoms with Gasteiger partial charge in [-0.3, -0.25) is 0 Å². The van der Waals surface area contributed by atoms with E-state index in [2.05, 4.69) is 55.3 Å². The van der Waals surface area contributed by atoms with Crippen molar-refractivity contribution in [3.8, 4) is 0 Å². The Kier molecular flexibility index (Phi) is 4.06. The van der Waals surface area contributed by atoms with E-state index < -0.39 is 0 Å². The van der Waals surface area contributed by atoms with Crippen molar-refractivity contribution in [3.63, 3.8) is 0 Å². The molecule has 2 nitrogen and oxygen atoms in total. The molecule has 0 amide bonds. The van der Waals surface area contributed by atoms with E-state index in [1.54, 1.807) is 0 Å². The first-order valence-corrected chi connectivity index (χ1v) is 6.72. The number of aryl methyl sites for hydroxylation is 1. The Morgan fingerprint density at radius 2 is 2.06 bits per heavy atom. The van der Waals surface area contributed by atoms with Crippen LogP contribution in [0.5, 0.6) is 0 Å². The molecule has 0 aliphatic carbocycles. The Balaban J connectivity index is 2.17. The van der Waals surface area contributed by atoms with Gasteiger partial charge in [-0.25, -0.2) is 0 Å². The van der Waals surface area contributed by atoms with Crippen LogP contribution in [0.3, 0.4) is 0 Å². The smallest absolute Gasteiger partial charge is 0.0396 e. The van der Waals surface area contributed by atoms with Crippen LogP contribution in [0.4, 0.5) is 5.69 Å². The lowest BCUT2D eigenvalue weighted by Crippen LogP contribution is -2.41. The molecule has 94 valence electrons. The van der Waals surface area contributed by atoms with Crippen LogP contribution < -0.4 is 10.2 Å². The lowest BCUT2D eigenvalue weighted by Gasteiger charge is -2.29. The predicted octanol–water partition coefficient (Wildman–Crippen LogP) is 2.82. The van der Waals surface area contributed by atoms with Crippen molar-refractivity contribution in [3.05, 3.63) is 29.8 Å². The Bertz CT molecular complexity index is 360. The predicted molar refractivity (Wildman–Crippen MR) is 74.6 cm³/mol. The molecule has 0 spiro atoms. The molecule has 0 radical (unpaired) electrons. The van der Waals surface area contributed by atoms with Crippen molar-refractivity contribution in [2.24, 2.45) is 5.92 Å². The largest absolute Gasteiger partial charge is 0.370 e. The quantitative estimate of drug-likeness (QED) is 0.843. The number of rotatable bonds is 2. The summed E-state index contributed by atoms with van der Waals surface area (Å²) in [6, 6.07) is 9.33. The summed E-state index contributed by atoms with van der Waals surface area (Å²) in [5.74, 6) is 0.694. The number of nitrogens with one attached hydrogen (secondary N) is 1. The van der Waals surface area contributed by atoms with E-state index in [-0.39, 0.29) is 0 Å². The van der Waals surface area contributed by atoms with E-state index >= 15 is 0 Å². The lowest BCUT2D eigenvalue weighted by atomic mass is 10.0. The van der Waals surface area contributed by atoms with Gasteiger partial charge in [0.1, 0.15) is 0 Å². The molecular weight excluding hydrogens is 208 g/mol. The molecule has 1 aliphatic heterocycles. The third kappa shape index (κ3) is 3.01. The van der Waals surface area contributed by atoms with E-state index in [0.717, 1.165) is 13.1 Å². The standard InChI is InChI=1S/C15H24N2/c1-12(2)14-11-17(10-6-9-16-14)15-8-5-4-7-13(15)3/h4-5,7-8,12,14,16H,6,9-11H2,1-3H3. The number of benzene rings is 1. The van der Waals surface area contributed by atoms with Gasteiger partial charge in [0.25, 0.3) is 0 Å². The average molecular weight is 232 g/mol. The molecule has 1 atom stereocenters. The molecule has 2 heteroatoms. The molecule has 1 saturated heterocycles. The minimum Gasteiger partial charge on any atom is -0.370 e. The van der Waals surface area contributed by atoms with Crippen LogP contribution >= 0.6 is 0 Å². The number of anilines is 1. The zero-order chi connectivity index (χ0) is 12.3. The molecule has 1 fully saturated rings. The Hall–Kier alpha value is -1.02. The molecule has 1 N–H and O–H groups in total. The van der Waals surface area contributed by atoms with E-state index in [1.165, 1.54) is 24.2 Å². The van der Waals surface area contributed by atoms with Crippen molar-refractivity contribution in [2.75, 3.05) is 24.5 Å². The van der Waals surface area contributed by atoms with Gasteiger partial charge in [0.05, 0.1) is 0 Å². The minimum absolute atomic E-state index is 0.608. The van der Waals surface area contributed by atoms with Gasteiger partial charge in [0, 0.05) is 24.8 Å². The summed E-state index contributed by atoms with van der Waals surface area (Å²) in [4.78, 5) is 2.54. The van der Waals surface area contributed by atoms with Crippen LogP contribution in [0.2, 0.25) is 0 Å². The first-order valence-electron chi connectivity index (χ1n) is 6.72. The van der Waals surface area contributed by atoms with Crippen LogP contribution in [0.25, 0.3) is 0 Å². The van der Waals surface area contributed by atoms with Gasteiger partial charge in [-0.1, -0.05) is 32.0 Å². The Morgan fingerprint density at radius 1 is 1.29 bits per heavy atom. The van der Waals surface area contributed by atoms with Crippen LogP contribution in [0.15, 0.2) is 24.3 Å². The van der Waals surface area contributed by atoms with Gasteiger partial charge in [-0.2, -0.15) is 0 Å². The first-order chi connectivity index (χ1) is 8.18. The van der Waals surface area contributed by atoms with Crippen molar-refractivity contribution < 1.29 is 0 Å². The second-order valence-electron chi connectivity index (χ2n) is 5.39. The van der Waals surface area contributed by atoms with Gasteiger partial charge in [-0.05, 0) is 37.4 Å². The number of para-hydroxylation sites is 1. The molecule has 0 aromatic heterocycles. The molecule has 1 aliphatic rings. The van der Waals surface area contributed by atoms with Gasteiger partial charge >= 0.3 is 0 Å². The molecule has 1 heterocycles. The molecule has 0 bridgehead atoms. The summed E-state index contributed by atoms with van der Waals surface area (Å²) in [6.07, 6.45) is 1.23. The zero-order valence-corrected chi connectivity index (χ0v) is 11.2. The van der Waals surface area contributed by atoms with Crippen molar-refractivity contribution in [1.29, 1.82) is 0 Å². The highest BCUT2D eigenvalue weighted by molar-refractivity contribution is 5.53. The Morgan fingerprint density at radius 3 is 2.76 bits per heavy atom. The summed E-state index contributed by atoms with van der Waals surface area (Å²) < 4.78 is 0. The van der Waals surface area contributed by atoms with Gasteiger partial charge in [-0.15, -0.1) is 0 Å². The highest BCUT2D eigenvalue weighted by atomic mass is 15.2. The fourth-order valence-electron chi connectivity index (χ4n) is 2.53. The first kappa shape index (κ1) is 12.4. The summed E-state index contributed by atoms with van der Waals surface area (Å²) in [6.45, 7) is 10.3. The lowest BCUT2D eigenvalue weighted by molar-refractivity contribution is 0.420. The van der Waals surface area contributed by atoms with Crippen LogP contribution in [0, 0.1) is 12.8 Å². The number of nitrogens with zero attached hydrogens (tertiary/aromatic N) is 1. The molecule has 1 aromatic carbocycles. The zero-order valence-electron chi connectivity index (χ0n) is 11.2. The maximum absolute atomic E-state index is 3.66. The third-order valence-electron chi connectivity index (χ3n) is 3.69. The maximum Gasteiger partial charge on any atom is 0.0396 e. The highest BCUT2D eigenvalue weighted by Gasteiger charge is 2.20. The average Bonchev–Trinajstić information content (AvgIpc) is 2.55. The molecule has 0 saturated carbocycles. The minimum atomic E-state index is 0.608. The summed E-state index contributed by atoms with van der Waals surface area (Å²) >= 11 is 0. The maximum atomic E-state index is 3.66. The SMILES string of the molecule is Cc1ccccc1N1CCCNC(C(C)C)C1.